The summed E-state index contributed by atoms with van der Waals surface area (Å²) in [5.74, 6) is 1.26. The van der Waals surface area contributed by atoms with Crippen molar-refractivity contribution in [3.8, 4) is 0 Å². The quantitative estimate of drug-likeness (QED) is 0.859. The van der Waals surface area contributed by atoms with Gasteiger partial charge in [-0.2, -0.15) is 0 Å². The standard InChI is InChI=1S/C19H28O2/c1-21-19(17-6-3-2-4-7-17)18(20)16-12-10-15(11-13-16)14-8-5-9-14/h10-14,17-20H,2-9H2,1H3. The van der Waals surface area contributed by atoms with Crippen molar-refractivity contribution in [1.29, 1.82) is 0 Å². The third-order valence-corrected chi connectivity index (χ3v) is 5.55. The molecule has 2 nitrogen and oxygen atoms in total. The van der Waals surface area contributed by atoms with Gasteiger partial charge in [-0.05, 0) is 48.6 Å². The molecule has 1 aromatic carbocycles. The molecule has 3 rings (SSSR count). The Bertz CT molecular complexity index is 429. The Hall–Kier alpha value is -0.860. The van der Waals surface area contributed by atoms with Gasteiger partial charge in [-0.3, -0.25) is 0 Å². The molecule has 2 heteroatoms. The molecular weight excluding hydrogens is 260 g/mol. The highest BCUT2D eigenvalue weighted by atomic mass is 16.5. The van der Waals surface area contributed by atoms with Crippen LogP contribution in [-0.4, -0.2) is 18.3 Å². The zero-order valence-corrected chi connectivity index (χ0v) is 13.1. The summed E-state index contributed by atoms with van der Waals surface area (Å²) in [4.78, 5) is 0. The molecule has 2 saturated carbocycles. The Morgan fingerprint density at radius 2 is 1.62 bits per heavy atom. The van der Waals surface area contributed by atoms with Crippen LogP contribution >= 0.6 is 0 Å². The van der Waals surface area contributed by atoms with Gasteiger partial charge in [0.1, 0.15) is 6.10 Å². The lowest BCUT2D eigenvalue weighted by molar-refractivity contribution is -0.0559. The molecule has 2 atom stereocenters. The Morgan fingerprint density at radius 1 is 0.952 bits per heavy atom. The summed E-state index contributed by atoms with van der Waals surface area (Å²) in [6.07, 6.45) is 9.73. The number of benzene rings is 1. The van der Waals surface area contributed by atoms with Crippen LogP contribution in [0.5, 0.6) is 0 Å². The SMILES string of the molecule is COC(C1CCCCC1)C(O)c1ccc(C2CCC2)cc1. The summed E-state index contributed by atoms with van der Waals surface area (Å²) in [5, 5.41) is 10.7. The van der Waals surface area contributed by atoms with Gasteiger partial charge in [-0.15, -0.1) is 0 Å². The van der Waals surface area contributed by atoms with Gasteiger partial charge in [0, 0.05) is 7.11 Å². The number of hydrogen-bond donors (Lipinski definition) is 1. The molecule has 0 radical (unpaired) electrons. The van der Waals surface area contributed by atoms with E-state index in [1.165, 1.54) is 56.9 Å². The Balaban J connectivity index is 1.68. The molecule has 0 saturated heterocycles. The minimum absolute atomic E-state index is 0.0557. The van der Waals surface area contributed by atoms with Crippen molar-refractivity contribution < 1.29 is 9.84 Å². The van der Waals surface area contributed by atoms with E-state index in [1.807, 2.05) is 0 Å². The normalized spacial score (nSPS) is 23.5. The van der Waals surface area contributed by atoms with Crippen LogP contribution in [0.1, 0.15) is 74.5 Å². The van der Waals surface area contributed by atoms with E-state index in [0.29, 0.717) is 5.92 Å². The second-order valence-electron chi connectivity index (χ2n) is 6.84. The first-order valence-electron chi connectivity index (χ1n) is 8.60. The first kappa shape index (κ1) is 15.1. The first-order valence-corrected chi connectivity index (χ1v) is 8.60. The van der Waals surface area contributed by atoms with E-state index >= 15 is 0 Å². The Kier molecular flexibility index (Phi) is 4.97. The number of ether oxygens (including phenoxy) is 1. The van der Waals surface area contributed by atoms with E-state index in [-0.39, 0.29) is 6.10 Å². The van der Waals surface area contributed by atoms with Crippen LogP contribution in [0.15, 0.2) is 24.3 Å². The van der Waals surface area contributed by atoms with Crippen LogP contribution < -0.4 is 0 Å². The van der Waals surface area contributed by atoms with E-state index < -0.39 is 6.10 Å². The molecule has 1 aromatic rings. The number of aliphatic hydroxyl groups is 1. The largest absolute Gasteiger partial charge is 0.386 e. The van der Waals surface area contributed by atoms with Gasteiger partial charge < -0.3 is 9.84 Å². The molecule has 0 spiro atoms. The molecular formula is C19H28O2. The molecule has 0 aliphatic heterocycles. The highest BCUT2D eigenvalue weighted by Crippen LogP contribution is 2.38. The van der Waals surface area contributed by atoms with Crippen molar-refractivity contribution in [3.63, 3.8) is 0 Å². The van der Waals surface area contributed by atoms with Gasteiger partial charge in [-0.25, -0.2) is 0 Å². The topological polar surface area (TPSA) is 29.5 Å². The van der Waals surface area contributed by atoms with E-state index in [2.05, 4.69) is 24.3 Å². The molecule has 0 heterocycles. The summed E-state index contributed by atoms with van der Waals surface area (Å²) in [6.45, 7) is 0. The highest BCUT2D eigenvalue weighted by molar-refractivity contribution is 5.28. The number of methoxy groups -OCH3 is 1. The van der Waals surface area contributed by atoms with Crippen LogP contribution in [0, 0.1) is 5.92 Å². The lowest BCUT2D eigenvalue weighted by Crippen LogP contribution is -2.31. The molecule has 1 N–H and O–H groups in total. The highest BCUT2D eigenvalue weighted by Gasteiger charge is 2.30. The maximum absolute atomic E-state index is 10.7. The number of hydrogen-bond acceptors (Lipinski definition) is 2. The molecule has 2 aliphatic rings. The predicted octanol–water partition coefficient (Wildman–Crippen LogP) is 4.58. The summed E-state index contributed by atoms with van der Waals surface area (Å²) in [7, 11) is 1.74. The van der Waals surface area contributed by atoms with Gasteiger partial charge >= 0.3 is 0 Å². The van der Waals surface area contributed by atoms with Gasteiger partial charge in [0.25, 0.3) is 0 Å². The average molecular weight is 288 g/mol. The Labute approximate surface area is 128 Å². The van der Waals surface area contributed by atoms with Crippen LogP contribution in [-0.2, 0) is 4.74 Å². The lowest BCUT2D eigenvalue weighted by Gasteiger charge is -2.33. The minimum Gasteiger partial charge on any atom is -0.386 e. The minimum atomic E-state index is -0.492. The van der Waals surface area contributed by atoms with Gasteiger partial charge in [0.2, 0.25) is 0 Å². The molecule has 2 fully saturated rings. The summed E-state index contributed by atoms with van der Waals surface area (Å²) in [5.41, 5.74) is 2.44. The van der Waals surface area contributed by atoms with Crippen molar-refractivity contribution >= 4 is 0 Å². The Morgan fingerprint density at radius 3 is 2.14 bits per heavy atom. The fraction of sp³-hybridized carbons (Fsp3) is 0.684. The summed E-state index contributed by atoms with van der Waals surface area (Å²) < 4.78 is 5.67. The van der Waals surface area contributed by atoms with Gasteiger partial charge in [0.15, 0.2) is 0 Å². The fourth-order valence-corrected chi connectivity index (χ4v) is 3.94. The fourth-order valence-electron chi connectivity index (χ4n) is 3.94. The first-order chi connectivity index (χ1) is 10.3. The van der Waals surface area contributed by atoms with E-state index in [9.17, 15) is 5.11 Å². The van der Waals surface area contributed by atoms with E-state index in [4.69, 9.17) is 4.74 Å². The van der Waals surface area contributed by atoms with Gasteiger partial charge in [0.05, 0.1) is 6.10 Å². The molecule has 116 valence electrons. The van der Waals surface area contributed by atoms with Crippen molar-refractivity contribution in [2.45, 2.75) is 69.5 Å². The maximum atomic E-state index is 10.7. The van der Waals surface area contributed by atoms with Crippen LogP contribution in [0.25, 0.3) is 0 Å². The zero-order valence-electron chi connectivity index (χ0n) is 13.1. The van der Waals surface area contributed by atoms with Crippen molar-refractivity contribution in [3.05, 3.63) is 35.4 Å². The summed E-state index contributed by atoms with van der Waals surface area (Å²) >= 11 is 0. The third-order valence-electron chi connectivity index (χ3n) is 5.55. The van der Waals surface area contributed by atoms with Crippen molar-refractivity contribution in [2.75, 3.05) is 7.11 Å². The molecule has 0 amide bonds. The second kappa shape index (κ2) is 6.93. The number of rotatable bonds is 5. The second-order valence-corrected chi connectivity index (χ2v) is 6.84. The number of aliphatic hydroxyl groups excluding tert-OH is 1. The molecule has 2 aliphatic carbocycles. The third kappa shape index (κ3) is 3.32. The predicted molar refractivity (Wildman–Crippen MR) is 85.4 cm³/mol. The smallest absolute Gasteiger partial charge is 0.105 e. The zero-order chi connectivity index (χ0) is 14.7. The monoisotopic (exact) mass is 288 g/mol. The molecule has 0 aromatic heterocycles. The molecule has 0 bridgehead atoms. The van der Waals surface area contributed by atoms with E-state index in [1.54, 1.807) is 7.11 Å². The van der Waals surface area contributed by atoms with E-state index in [0.717, 1.165) is 11.5 Å². The molecule has 2 unspecified atom stereocenters. The van der Waals surface area contributed by atoms with Gasteiger partial charge in [-0.1, -0.05) is 49.9 Å². The van der Waals surface area contributed by atoms with Crippen molar-refractivity contribution in [2.24, 2.45) is 5.92 Å². The van der Waals surface area contributed by atoms with Crippen LogP contribution in [0.4, 0.5) is 0 Å². The lowest BCUT2D eigenvalue weighted by atomic mass is 9.79. The van der Waals surface area contributed by atoms with Crippen LogP contribution in [0.3, 0.4) is 0 Å². The maximum Gasteiger partial charge on any atom is 0.105 e. The summed E-state index contributed by atoms with van der Waals surface area (Å²) in [6, 6.07) is 8.62. The van der Waals surface area contributed by atoms with Crippen LogP contribution in [0.2, 0.25) is 0 Å². The molecule has 21 heavy (non-hydrogen) atoms. The van der Waals surface area contributed by atoms with Crippen molar-refractivity contribution in [1.82, 2.24) is 0 Å². The average Bonchev–Trinajstić information content (AvgIpc) is 2.48.